The number of halogens is 1. The summed E-state index contributed by atoms with van der Waals surface area (Å²) in [5.74, 6) is 0. The predicted molar refractivity (Wildman–Crippen MR) is 100 cm³/mol. The number of rotatable bonds is 2. The van der Waals surface area contributed by atoms with Gasteiger partial charge in [0.25, 0.3) is 0 Å². The molecule has 5 heteroatoms. The van der Waals surface area contributed by atoms with Crippen molar-refractivity contribution >= 4 is 29.0 Å². The van der Waals surface area contributed by atoms with Crippen LogP contribution in [0, 0.1) is 13.8 Å². The Morgan fingerprint density at radius 1 is 0.958 bits per heavy atom. The fraction of sp³-hybridized carbons (Fsp3) is 0.316. The molecular formula is C19H22ClN3O. The molecule has 2 aromatic carbocycles. The Hall–Kier alpha value is -2.20. The molecule has 1 fully saturated rings. The van der Waals surface area contributed by atoms with Crippen molar-refractivity contribution < 1.29 is 4.79 Å². The van der Waals surface area contributed by atoms with Gasteiger partial charge < -0.3 is 15.1 Å². The van der Waals surface area contributed by atoms with Gasteiger partial charge in [-0.2, -0.15) is 0 Å². The van der Waals surface area contributed by atoms with Crippen molar-refractivity contribution in [1.82, 2.24) is 4.90 Å². The summed E-state index contributed by atoms with van der Waals surface area (Å²) in [6, 6.07) is 13.8. The molecule has 0 aliphatic carbocycles. The maximum atomic E-state index is 12.4. The summed E-state index contributed by atoms with van der Waals surface area (Å²) >= 11 is 5.93. The summed E-state index contributed by atoms with van der Waals surface area (Å²) in [7, 11) is 0. The molecule has 0 atom stereocenters. The third-order valence-corrected chi connectivity index (χ3v) is 4.77. The molecule has 0 aromatic heterocycles. The number of carbonyl (C=O) groups is 1. The van der Waals surface area contributed by atoms with Gasteiger partial charge in [0.1, 0.15) is 0 Å². The van der Waals surface area contributed by atoms with Crippen LogP contribution in [0.25, 0.3) is 0 Å². The lowest BCUT2D eigenvalue weighted by Gasteiger charge is -2.36. The van der Waals surface area contributed by atoms with Crippen LogP contribution in [0.1, 0.15) is 11.1 Å². The number of benzene rings is 2. The first-order chi connectivity index (χ1) is 11.5. The summed E-state index contributed by atoms with van der Waals surface area (Å²) in [5.41, 5.74) is 4.40. The standard InChI is InChI=1S/C19H22ClN3O/c1-14-3-6-17(13-15(14)2)21-19(24)23-11-9-22(10-12-23)18-7-4-16(20)5-8-18/h3-8,13H,9-12H2,1-2H3,(H,21,24). The number of hydrogen-bond acceptors (Lipinski definition) is 2. The predicted octanol–water partition coefficient (Wildman–Crippen LogP) is 4.31. The quantitative estimate of drug-likeness (QED) is 0.881. The van der Waals surface area contributed by atoms with E-state index in [1.807, 2.05) is 47.4 Å². The van der Waals surface area contributed by atoms with Crippen LogP contribution >= 0.6 is 11.6 Å². The highest BCUT2D eigenvalue weighted by atomic mass is 35.5. The number of hydrogen-bond donors (Lipinski definition) is 1. The smallest absolute Gasteiger partial charge is 0.321 e. The molecule has 1 saturated heterocycles. The second-order valence-corrected chi connectivity index (χ2v) is 6.62. The van der Waals surface area contributed by atoms with E-state index in [0.717, 1.165) is 29.5 Å². The third kappa shape index (κ3) is 3.82. The van der Waals surface area contributed by atoms with E-state index in [0.29, 0.717) is 13.1 Å². The normalized spacial score (nSPS) is 14.6. The van der Waals surface area contributed by atoms with E-state index >= 15 is 0 Å². The average molecular weight is 344 g/mol. The fourth-order valence-electron chi connectivity index (χ4n) is 2.84. The van der Waals surface area contributed by atoms with Gasteiger partial charge in [-0.15, -0.1) is 0 Å². The van der Waals surface area contributed by atoms with E-state index in [1.54, 1.807) is 0 Å². The lowest BCUT2D eigenvalue weighted by atomic mass is 10.1. The van der Waals surface area contributed by atoms with Gasteiger partial charge in [0.2, 0.25) is 0 Å². The number of nitrogens with zero attached hydrogens (tertiary/aromatic N) is 2. The van der Waals surface area contributed by atoms with Gasteiger partial charge in [-0.3, -0.25) is 0 Å². The van der Waals surface area contributed by atoms with Crippen LogP contribution in [-0.2, 0) is 0 Å². The first-order valence-electron chi connectivity index (χ1n) is 8.16. The van der Waals surface area contributed by atoms with Gasteiger partial charge in [0, 0.05) is 42.6 Å². The molecule has 0 saturated carbocycles. The van der Waals surface area contributed by atoms with Gasteiger partial charge in [-0.25, -0.2) is 4.79 Å². The molecule has 0 radical (unpaired) electrons. The van der Waals surface area contributed by atoms with E-state index in [-0.39, 0.29) is 6.03 Å². The Balaban J connectivity index is 1.56. The number of urea groups is 1. The van der Waals surface area contributed by atoms with E-state index in [2.05, 4.69) is 24.1 Å². The van der Waals surface area contributed by atoms with Crippen molar-refractivity contribution in [2.75, 3.05) is 36.4 Å². The molecule has 126 valence electrons. The minimum Gasteiger partial charge on any atom is -0.368 e. The first kappa shape index (κ1) is 16.7. The largest absolute Gasteiger partial charge is 0.368 e. The van der Waals surface area contributed by atoms with E-state index in [1.165, 1.54) is 11.1 Å². The molecule has 0 spiro atoms. The molecule has 2 amide bonds. The van der Waals surface area contributed by atoms with Gasteiger partial charge in [-0.05, 0) is 61.4 Å². The van der Waals surface area contributed by atoms with Crippen LogP contribution < -0.4 is 10.2 Å². The van der Waals surface area contributed by atoms with Crippen LogP contribution in [0.4, 0.5) is 16.2 Å². The Bertz CT molecular complexity index is 722. The number of aryl methyl sites for hydroxylation is 2. The Labute approximate surface area is 148 Å². The summed E-state index contributed by atoms with van der Waals surface area (Å²) in [6.45, 7) is 7.18. The van der Waals surface area contributed by atoms with E-state index < -0.39 is 0 Å². The fourth-order valence-corrected chi connectivity index (χ4v) is 2.97. The zero-order chi connectivity index (χ0) is 17.1. The van der Waals surface area contributed by atoms with Gasteiger partial charge in [0.05, 0.1) is 0 Å². The lowest BCUT2D eigenvalue weighted by molar-refractivity contribution is 0.208. The number of carbonyl (C=O) groups excluding carboxylic acids is 1. The van der Waals surface area contributed by atoms with Crippen molar-refractivity contribution in [3.05, 3.63) is 58.6 Å². The summed E-state index contributed by atoms with van der Waals surface area (Å²) in [4.78, 5) is 16.6. The van der Waals surface area contributed by atoms with Crippen molar-refractivity contribution in [1.29, 1.82) is 0 Å². The number of anilines is 2. The van der Waals surface area contributed by atoms with Crippen molar-refractivity contribution in [3.63, 3.8) is 0 Å². The summed E-state index contributed by atoms with van der Waals surface area (Å²) in [5, 5.41) is 3.73. The highest BCUT2D eigenvalue weighted by Gasteiger charge is 2.21. The zero-order valence-electron chi connectivity index (χ0n) is 14.1. The monoisotopic (exact) mass is 343 g/mol. The molecule has 1 aliphatic heterocycles. The molecule has 0 unspecified atom stereocenters. The molecule has 1 heterocycles. The second-order valence-electron chi connectivity index (χ2n) is 6.18. The molecule has 2 aromatic rings. The third-order valence-electron chi connectivity index (χ3n) is 4.52. The minimum absolute atomic E-state index is 0.0333. The SMILES string of the molecule is Cc1ccc(NC(=O)N2CCN(c3ccc(Cl)cc3)CC2)cc1C. The van der Waals surface area contributed by atoms with E-state index in [9.17, 15) is 4.79 Å². The van der Waals surface area contributed by atoms with Crippen LogP contribution in [0.5, 0.6) is 0 Å². The van der Waals surface area contributed by atoms with Gasteiger partial charge in [0.15, 0.2) is 0 Å². The molecule has 4 nitrogen and oxygen atoms in total. The van der Waals surface area contributed by atoms with Crippen LogP contribution in [-0.4, -0.2) is 37.1 Å². The number of nitrogens with one attached hydrogen (secondary N) is 1. The molecule has 1 aliphatic rings. The highest BCUT2D eigenvalue weighted by Crippen LogP contribution is 2.20. The molecule has 3 rings (SSSR count). The molecule has 0 bridgehead atoms. The highest BCUT2D eigenvalue weighted by molar-refractivity contribution is 6.30. The number of amides is 2. The maximum absolute atomic E-state index is 12.4. The van der Waals surface area contributed by atoms with Crippen LogP contribution in [0.3, 0.4) is 0 Å². The molecular weight excluding hydrogens is 322 g/mol. The van der Waals surface area contributed by atoms with Crippen LogP contribution in [0.15, 0.2) is 42.5 Å². The van der Waals surface area contributed by atoms with Crippen molar-refractivity contribution in [3.8, 4) is 0 Å². The van der Waals surface area contributed by atoms with Gasteiger partial charge in [-0.1, -0.05) is 17.7 Å². The minimum atomic E-state index is -0.0333. The molecule has 24 heavy (non-hydrogen) atoms. The average Bonchev–Trinajstić information content (AvgIpc) is 2.59. The van der Waals surface area contributed by atoms with Crippen molar-refractivity contribution in [2.24, 2.45) is 0 Å². The topological polar surface area (TPSA) is 35.6 Å². The summed E-state index contributed by atoms with van der Waals surface area (Å²) in [6.07, 6.45) is 0. The van der Waals surface area contributed by atoms with Gasteiger partial charge >= 0.3 is 6.03 Å². The Morgan fingerprint density at radius 3 is 2.25 bits per heavy atom. The van der Waals surface area contributed by atoms with Crippen LogP contribution in [0.2, 0.25) is 5.02 Å². The second kappa shape index (κ2) is 7.14. The lowest BCUT2D eigenvalue weighted by Crippen LogP contribution is -2.50. The van der Waals surface area contributed by atoms with E-state index in [4.69, 9.17) is 11.6 Å². The Kier molecular flexibility index (Phi) is 4.95. The maximum Gasteiger partial charge on any atom is 0.321 e. The zero-order valence-corrected chi connectivity index (χ0v) is 14.8. The summed E-state index contributed by atoms with van der Waals surface area (Å²) < 4.78 is 0. The van der Waals surface area contributed by atoms with Crippen molar-refractivity contribution in [2.45, 2.75) is 13.8 Å². The first-order valence-corrected chi connectivity index (χ1v) is 8.54. The number of piperazine rings is 1. The molecule has 1 N–H and O–H groups in total. The Morgan fingerprint density at radius 2 is 1.62 bits per heavy atom.